The fourth-order valence-electron chi connectivity index (χ4n) is 2.08. The molecule has 25 heavy (non-hydrogen) atoms. The number of nitrogens with one attached hydrogen (secondary N) is 2. The van der Waals surface area contributed by atoms with Crippen molar-refractivity contribution in [3.63, 3.8) is 0 Å². The highest BCUT2D eigenvalue weighted by Gasteiger charge is 2.24. The Morgan fingerprint density at radius 2 is 1.76 bits per heavy atom. The summed E-state index contributed by atoms with van der Waals surface area (Å²) in [6, 6.07) is 11.5. The Labute approximate surface area is 157 Å². The number of anilines is 1. The number of benzene rings is 2. The maximum atomic E-state index is 12.2. The highest BCUT2D eigenvalue weighted by molar-refractivity contribution is 8.18. The largest absolute Gasteiger partial charge is 0.322 e. The zero-order valence-electron chi connectivity index (χ0n) is 12.5. The van der Waals surface area contributed by atoms with E-state index in [0.29, 0.717) is 26.2 Å². The maximum Gasteiger partial charge on any atom is 0.290 e. The van der Waals surface area contributed by atoms with Gasteiger partial charge < -0.3 is 5.32 Å². The average molecular weight is 393 g/mol. The molecule has 1 heterocycles. The van der Waals surface area contributed by atoms with E-state index in [9.17, 15) is 14.4 Å². The van der Waals surface area contributed by atoms with E-state index in [-0.39, 0.29) is 11.1 Å². The molecule has 0 saturated carbocycles. The van der Waals surface area contributed by atoms with Crippen molar-refractivity contribution < 1.29 is 14.4 Å². The molecule has 0 spiro atoms. The summed E-state index contributed by atoms with van der Waals surface area (Å²) in [5.74, 6) is -0.729. The summed E-state index contributed by atoms with van der Waals surface area (Å²) < 4.78 is 0. The van der Waals surface area contributed by atoms with Crippen molar-refractivity contribution in [1.82, 2.24) is 5.32 Å². The van der Waals surface area contributed by atoms with Crippen LogP contribution in [-0.4, -0.2) is 17.1 Å². The van der Waals surface area contributed by atoms with Gasteiger partial charge in [-0.25, -0.2) is 0 Å². The molecule has 126 valence electrons. The number of thioether (sulfide) groups is 1. The van der Waals surface area contributed by atoms with Crippen molar-refractivity contribution in [2.45, 2.75) is 0 Å². The van der Waals surface area contributed by atoms with Gasteiger partial charge in [0.1, 0.15) is 0 Å². The Bertz CT molecular complexity index is 911. The predicted octanol–water partition coefficient (Wildman–Crippen LogP) is 4.57. The van der Waals surface area contributed by atoms with Gasteiger partial charge in [-0.05, 0) is 53.7 Å². The molecule has 0 radical (unpaired) electrons. The van der Waals surface area contributed by atoms with Gasteiger partial charge in [0.05, 0.1) is 15.0 Å². The first-order valence-corrected chi connectivity index (χ1v) is 8.61. The lowest BCUT2D eigenvalue weighted by molar-refractivity contribution is -0.115. The quantitative estimate of drug-likeness (QED) is 0.750. The van der Waals surface area contributed by atoms with Gasteiger partial charge >= 0.3 is 0 Å². The van der Waals surface area contributed by atoms with Crippen LogP contribution in [0.3, 0.4) is 0 Å². The second-order valence-electron chi connectivity index (χ2n) is 5.06. The van der Waals surface area contributed by atoms with Gasteiger partial charge in [-0.2, -0.15) is 0 Å². The van der Waals surface area contributed by atoms with Gasteiger partial charge in [0.2, 0.25) is 0 Å². The molecule has 1 saturated heterocycles. The Morgan fingerprint density at radius 1 is 1.04 bits per heavy atom. The van der Waals surface area contributed by atoms with Gasteiger partial charge in [0.25, 0.3) is 17.1 Å². The first kappa shape index (κ1) is 17.5. The minimum absolute atomic E-state index is 0.304. The van der Waals surface area contributed by atoms with Gasteiger partial charge in [-0.1, -0.05) is 35.3 Å². The molecule has 0 aliphatic carbocycles. The van der Waals surface area contributed by atoms with Crippen LogP contribution < -0.4 is 10.6 Å². The van der Waals surface area contributed by atoms with E-state index in [4.69, 9.17) is 23.2 Å². The third-order valence-electron chi connectivity index (χ3n) is 3.29. The normalized spacial score (nSPS) is 15.4. The molecule has 3 amide bonds. The van der Waals surface area contributed by atoms with Crippen LogP contribution >= 0.6 is 35.0 Å². The molecule has 0 unspecified atom stereocenters. The Hall–Kier alpha value is -2.28. The second-order valence-corrected chi connectivity index (χ2v) is 6.89. The van der Waals surface area contributed by atoms with E-state index in [0.717, 1.165) is 17.3 Å². The second kappa shape index (κ2) is 7.31. The number of halogens is 2. The molecular weight excluding hydrogens is 383 g/mol. The highest BCUT2D eigenvalue weighted by atomic mass is 35.5. The standard InChI is InChI=1S/C17H10Cl2N2O3S/c18-12-6-3-10(8-13(12)19)15(22)20-11-4-1-9(2-5-11)7-14-16(23)21-17(24)25-14/h1-8H,(H,20,22)(H,21,23,24). The SMILES string of the molecule is O=C1NC(=O)C(=Cc2ccc(NC(=O)c3ccc(Cl)c(Cl)c3)cc2)S1. The summed E-state index contributed by atoms with van der Waals surface area (Å²) in [5.41, 5.74) is 1.70. The number of carbonyl (C=O) groups excluding carboxylic acids is 3. The molecule has 0 atom stereocenters. The topological polar surface area (TPSA) is 75.3 Å². The van der Waals surface area contributed by atoms with Crippen LogP contribution in [-0.2, 0) is 4.79 Å². The molecule has 5 nitrogen and oxygen atoms in total. The molecule has 1 aliphatic heterocycles. The predicted molar refractivity (Wildman–Crippen MR) is 100.0 cm³/mol. The lowest BCUT2D eigenvalue weighted by atomic mass is 10.1. The number of amides is 3. The van der Waals surface area contributed by atoms with Gasteiger partial charge in [-0.3, -0.25) is 19.7 Å². The molecule has 1 fully saturated rings. The zero-order chi connectivity index (χ0) is 18.0. The molecule has 2 aromatic rings. The van der Waals surface area contributed by atoms with E-state index < -0.39 is 5.91 Å². The number of rotatable bonds is 3. The van der Waals surface area contributed by atoms with Crippen LogP contribution in [0.25, 0.3) is 6.08 Å². The summed E-state index contributed by atoms with van der Waals surface area (Å²) in [4.78, 5) is 35.2. The van der Waals surface area contributed by atoms with Crippen LogP contribution in [0.1, 0.15) is 15.9 Å². The number of hydrogen-bond donors (Lipinski definition) is 2. The molecule has 1 aliphatic rings. The minimum atomic E-state index is -0.410. The number of imide groups is 1. The average Bonchev–Trinajstić information content (AvgIpc) is 2.89. The Morgan fingerprint density at radius 3 is 2.36 bits per heavy atom. The lowest BCUT2D eigenvalue weighted by Gasteiger charge is -2.06. The van der Waals surface area contributed by atoms with Crippen LogP contribution in [0.4, 0.5) is 10.5 Å². The fourth-order valence-corrected chi connectivity index (χ4v) is 3.06. The Balaban J connectivity index is 1.71. The van der Waals surface area contributed by atoms with Gasteiger partial charge in [0.15, 0.2) is 0 Å². The molecule has 2 aromatic carbocycles. The lowest BCUT2D eigenvalue weighted by Crippen LogP contribution is -2.17. The summed E-state index contributed by atoms with van der Waals surface area (Å²) in [5, 5.41) is 5.23. The van der Waals surface area contributed by atoms with Crippen LogP contribution in [0, 0.1) is 0 Å². The van der Waals surface area contributed by atoms with Crippen molar-refractivity contribution >= 4 is 63.8 Å². The zero-order valence-corrected chi connectivity index (χ0v) is 14.8. The first-order chi connectivity index (χ1) is 11.9. The first-order valence-electron chi connectivity index (χ1n) is 7.04. The third-order valence-corrected chi connectivity index (χ3v) is 4.84. The van der Waals surface area contributed by atoms with Crippen molar-refractivity contribution in [3.05, 3.63) is 68.5 Å². The Kier molecular flexibility index (Phi) is 5.13. The van der Waals surface area contributed by atoms with Crippen molar-refractivity contribution in [1.29, 1.82) is 0 Å². The van der Waals surface area contributed by atoms with E-state index in [1.165, 1.54) is 6.07 Å². The summed E-state index contributed by atoms with van der Waals surface area (Å²) in [6.45, 7) is 0. The van der Waals surface area contributed by atoms with Gasteiger partial charge in [-0.15, -0.1) is 0 Å². The summed E-state index contributed by atoms with van der Waals surface area (Å²) >= 11 is 12.6. The van der Waals surface area contributed by atoms with E-state index in [1.54, 1.807) is 42.5 Å². The molecule has 0 aromatic heterocycles. The molecule has 3 rings (SSSR count). The smallest absolute Gasteiger partial charge is 0.290 e. The van der Waals surface area contributed by atoms with Crippen molar-refractivity contribution in [3.8, 4) is 0 Å². The van der Waals surface area contributed by atoms with Crippen molar-refractivity contribution in [2.24, 2.45) is 0 Å². The molecule has 0 bridgehead atoms. The minimum Gasteiger partial charge on any atom is -0.322 e. The highest BCUT2D eigenvalue weighted by Crippen LogP contribution is 2.26. The fraction of sp³-hybridized carbons (Fsp3) is 0. The van der Waals surface area contributed by atoms with Gasteiger partial charge in [0, 0.05) is 11.3 Å². The molecule has 8 heteroatoms. The molecular formula is C17H10Cl2N2O3S. The van der Waals surface area contributed by atoms with Crippen LogP contribution in [0.5, 0.6) is 0 Å². The summed E-state index contributed by atoms with van der Waals surface area (Å²) in [6.07, 6.45) is 1.61. The van der Waals surface area contributed by atoms with E-state index in [1.807, 2.05) is 0 Å². The summed E-state index contributed by atoms with van der Waals surface area (Å²) in [7, 11) is 0. The monoisotopic (exact) mass is 392 g/mol. The number of hydrogen-bond acceptors (Lipinski definition) is 4. The maximum absolute atomic E-state index is 12.2. The molecule has 2 N–H and O–H groups in total. The third kappa shape index (κ3) is 4.22. The van der Waals surface area contributed by atoms with Crippen LogP contribution in [0.15, 0.2) is 47.4 Å². The van der Waals surface area contributed by atoms with Crippen molar-refractivity contribution in [2.75, 3.05) is 5.32 Å². The van der Waals surface area contributed by atoms with E-state index in [2.05, 4.69) is 10.6 Å². The number of carbonyl (C=O) groups is 3. The van der Waals surface area contributed by atoms with E-state index >= 15 is 0 Å². The van der Waals surface area contributed by atoms with Crippen LogP contribution in [0.2, 0.25) is 10.0 Å².